The van der Waals surface area contributed by atoms with E-state index in [1.807, 2.05) is 0 Å². The highest BCUT2D eigenvalue weighted by Crippen LogP contribution is 2.36. The molecule has 2 aromatic carbocycles. The summed E-state index contributed by atoms with van der Waals surface area (Å²) in [6.07, 6.45) is 0. The summed E-state index contributed by atoms with van der Waals surface area (Å²) in [5.74, 6) is 0. The van der Waals surface area contributed by atoms with Crippen molar-refractivity contribution in [3.05, 3.63) is 42.0 Å². The van der Waals surface area contributed by atoms with Crippen LogP contribution in [0.5, 0.6) is 0 Å². The summed E-state index contributed by atoms with van der Waals surface area (Å²) in [4.78, 5) is 0. The highest BCUT2D eigenvalue weighted by molar-refractivity contribution is 6.62. The Bertz CT molecular complexity index is 645. The van der Waals surface area contributed by atoms with Gasteiger partial charge in [-0.25, -0.2) is 0 Å². The lowest BCUT2D eigenvalue weighted by molar-refractivity contribution is 0.00578. The molecule has 0 aliphatic carbocycles. The first-order valence-electron chi connectivity index (χ1n) is 7.15. The molecule has 0 unspecified atom stereocenters. The molecular formula is C17H21BO2. The van der Waals surface area contributed by atoms with Gasteiger partial charge in [-0.1, -0.05) is 36.4 Å². The van der Waals surface area contributed by atoms with Gasteiger partial charge in [-0.05, 0) is 56.4 Å². The van der Waals surface area contributed by atoms with E-state index < -0.39 is 0 Å². The maximum atomic E-state index is 6.13. The first kappa shape index (κ1) is 13.7. The molecule has 0 amide bonds. The highest BCUT2D eigenvalue weighted by atomic mass is 16.7. The first-order chi connectivity index (χ1) is 9.30. The SMILES string of the molecule is Cc1cc(B2OC(C)(C)C(C)(C)O2)cc2ccccc12. The molecule has 1 fully saturated rings. The van der Waals surface area contributed by atoms with Crippen LogP contribution in [0.1, 0.15) is 33.3 Å². The summed E-state index contributed by atoms with van der Waals surface area (Å²) in [7, 11) is -0.289. The maximum Gasteiger partial charge on any atom is 0.494 e. The van der Waals surface area contributed by atoms with Gasteiger partial charge in [0, 0.05) is 0 Å². The molecule has 1 aliphatic rings. The molecule has 0 aromatic heterocycles. The van der Waals surface area contributed by atoms with Gasteiger partial charge in [-0.3, -0.25) is 0 Å². The Morgan fingerprint density at radius 1 is 0.900 bits per heavy atom. The molecule has 0 spiro atoms. The van der Waals surface area contributed by atoms with E-state index in [1.165, 1.54) is 16.3 Å². The smallest absolute Gasteiger partial charge is 0.399 e. The zero-order valence-corrected chi connectivity index (χ0v) is 12.9. The summed E-state index contributed by atoms with van der Waals surface area (Å²) >= 11 is 0. The lowest BCUT2D eigenvalue weighted by atomic mass is 9.77. The van der Waals surface area contributed by atoms with E-state index in [2.05, 4.69) is 71.0 Å². The second-order valence-electron chi connectivity index (χ2n) is 6.65. The predicted octanol–water partition coefficient (Wildman–Crippen LogP) is 3.45. The average Bonchev–Trinajstić information content (AvgIpc) is 2.58. The fourth-order valence-corrected chi connectivity index (χ4v) is 2.65. The third-order valence-electron chi connectivity index (χ3n) is 4.62. The van der Waals surface area contributed by atoms with Crippen molar-refractivity contribution in [2.75, 3.05) is 0 Å². The normalized spacial score (nSPS) is 20.6. The Kier molecular flexibility index (Phi) is 2.96. The molecule has 2 aromatic rings. The Morgan fingerprint density at radius 2 is 1.50 bits per heavy atom. The van der Waals surface area contributed by atoms with Gasteiger partial charge < -0.3 is 9.31 Å². The molecule has 3 heteroatoms. The molecule has 0 radical (unpaired) electrons. The van der Waals surface area contributed by atoms with Crippen molar-refractivity contribution in [2.24, 2.45) is 0 Å². The van der Waals surface area contributed by atoms with Crippen molar-refractivity contribution in [1.29, 1.82) is 0 Å². The van der Waals surface area contributed by atoms with E-state index in [4.69, 9.17) is 9.31 Å². The second kappa shape index (κ2) is 4.34. The van der Waals surface area contributed by atoms with Crippen molar-refractivity contribution in [3.8, 4) is 0 Å². The quantitative estimate of drug-likeness (QED) is 0.737. The zero-order chi connectivity index (χ0) is 14.5. The van der Waals surface area contributed by atoms with Gasteiger partial charge >= 0.3 is 7.12 Å². The molecule has 20 heavy (non-hydrogen) atoms. The average molecular weight is 268 g/mol. The lowest BCUT2D eigenvalue weighted by Gasteiger charge is -2.32. The number of benzene rings is 2. The summed E-state index contributed by atoms with van der Waals surface area (Å²) in [6, 6.07) is 12.8. The summed E-state index contributed by atoms with van der Waals surface area (Å²) in [5, 5.41) is 2.52. The number of hydrogen-bond donors (Lipinski definition) is 0. The van der Waals surface area contributed by atoms with Gasteiger partial charge in [0.2, 0.25) is 0 Å². The van der Waals surface area contributed by atoms with Crippen molar-refractivity contribution < 1.29 is 9.31 Å². The number of fused-ring (bicyclic) bond motifs is 1. The molecule has 2 nitrogen and oxygen atoms in total. The lowest BCUT2D eigenvalue weighted by Crippen LogP contribution is -2.41. The zero-order valence-electron chi connectivity index (χ0n) is 12.9. The van der Waals surface area contributed by atoms with Gasteiger partial charge in [0.25, 0.3) is 0 Å². The van der Waals surface area contributed by atoms with Crippen LogP contribution in [0.2, 0.25) is 0 Å². The molecule has 0 atom stereocenters. The Hall–Kier alpha value is -1.32. The largest absolute Gasteiger partial charge is 0.494 e. The summed E-state index contributed by atoms with van der Waals surface area (Å²) in [5.41, 5.74) is 1.77. The molecule has 0 saturated carbocycles. The molecule has 1 saturated heterocycles. The Morgan fingerprint density at radius 3 is 2.15 bits per heavy atom. The van der Waals surface area contributed by atoms with Gasteiger partial charge in [0.1, 0.15) is 0 Å². The monoisotopic (exact) mass is 268 g/mol. The van der Waals surface area contributed by atoms with Crippen molar-refractivity contribution in [1.82, 2.24) is 0 Å². The molecular weight excluding hydrogens is 247 g/mol. The van der Waals surface area contributed by atoms with Crippen LogP contribution < -0.4 is 5.46 Å². The third kappa shape index (κ3) is 2.06. The minimum atomic E-state index is -0.294. The van der Waals surface area contributed by atoms with Crippen LogP contribution in [-0.2, 0) is 9.31 Å². The molecule has 0 bridgehead atoms. The van der Waals surface area contributed by atoms with Crippen LogP contribution in [0.25, 0.3) is 10.8 Å². The Labute approximate surface area is 121 Å². The van der Waals surface area contributed by atoms with Gasteiger partial charge in [0.05, 0.1) is 11.2 Å². The van der Waals surface area contributed by atoms with Crippen molar-refractivity contribution in [3.63, 3.8) is 0 Å². The second-order valence-corrected chi connectivity index (χ2v) is 6.65. The van der Waals surface area contributed by atoms with Crippen LogP contribution in [0, 0.1) is 6.92 Å². The molecule has 1 aliphatic heterocycles. The van der Waals surface area contributed by atoms with E-state index in [0.717, 1.165) is 5.46 Å². The fraction of sp³-hybridized carbons (Fsp3) is 0.412. The molecule has 104 valence electrons. The summed E-state index contributed by atoms with van der Waals surface area (Å²) in [6.45, 7) is 10.5. The summed E-state index contributed by atoms with van der Waals surface area (Å²) < 4.78 is 12.3. The van der Waals surface area contributed by atoms with Crippen LogP contribution >= 0.6 is 0 Å². The number of rotatable bonds is 1. The molecule has 0 N–H and O–H groups in total. The van der Waals surface area contributed by atoms with E-state index in [1.54, 1.807) is 0 Å². The Balaban J connectivity index is 2.04. The minimum Gasteiger partial charge on any atom is -0.399 e. The van der Waals surface area contributed by atoms with Gasteiger partial charge in [-0.2, -0.15) is 0 Å². The standard InChI is InChI=1S/C17H21BO2/c1-12-10-14(11-13-8-6-7-9-15(12)13)18-19-16(2,3)17(4,5)20-18/h6-11H,1-5H3. The van der Waals surface area contributed by atoms with E-state index in [0.29, 0.717) is 0 Å². The van der Waals surface area contributed by atoms with E-state index >= 15 is 0 Å². The van der Waals surface area contributed by atoms with Crippen LogP contribution in [0.3, 0.4) is 0 Å². The highest BCUT2D eigenvalue weighted by Gasteiger charge is 2.51. The van der Waals surface area contributed by atoms with E-state index in [9.17, 15) is 0 Å². The van der Waals surface area contributed by atoms with Gasteiger partial charge in [0.15, 0.2) is 0 Å². The van der Waals surface area contributed by atoms with Crippen LogP contribution in [-0.4, -0.2) is 18.3 Å². The van der Waals surface area contributed by atoms with Gasteiger partial charge in [-0.15, -0.1) is 0 Å². The van der Waals surface area contributed by atoms with Crippen molar-refractivity contribution >= 4 is 23.4 Å². The minimum absolute atomic E-state index is 0.289. The van der Waals surface area contributed by atoms with E-state index in [-0.39, 0.29) is 18.3 Å². The topological polar surface area (TPSA) is 18.5 Å². The molecule has 3 rings (SSSR count). The number of hydrogen-bond acceptors (Lipinski definition) is 2. The van der Waals surface area contributed by atoms with Crippen molar-refractivity contribution in [2.45, 2.75) is 45.8 Å². The first-order valence-corrected chi connectivity index (χ1v) is 7.15. The maximum absolute atomic E-state index is 6.13. The fourth-order valence-electron chi connectivity index (χ4n) is 2.65. The number of aryl methyl sites for hydroxylation is 1. The van der Waals surface area contributed by atoms with Crippen LogP contribution in [0.15, 0.2) is 36.4 Å². The predicted molar refractivity (Wildman–Crippen MR) is 84.4 cm³/mol. The van der Waals surface area contributed by atoms with Crippen LogP contribution in [0.4, 0.5) is 0 Å². The molecule has 1 heterocycles. The third-order valence-corrected chi connectivity index (χ3v) is 4.62.